The van der Waals surface area contributed by atoms with Crippen molar-refractivity contribution in [3.8, 4) is 0 Å². The molecule has 3 aromatic rings. The number of nitro benzene ring substituents is 1. The third-order valence-corrected chi connectivity index (χ3v) is 3.95. The molecule has 0 atom stereocenters. The molecular weight excluding hydrogens is 312 g/mol. The number of allylic oxidation sites excluding steroid dienone is 1. The summed E-state index contributed by atoms with van der Waals surface area (Å²) in [5.74, 6) is 0. The summed E-state index contributed by atoms with van der Waals surface area (Å²) in [4.78, 5) is 14.5. The second-order valence-electron chi connectivity index (χ2n) is 4.58. The summed E-state index contributed by atoms with van der Waals surface area (Å²) in [6.07, 6.45) is 5.17. The number of non-ortho nitro benzene ring substituents is 1. The van der Waals surface area contributed by atoms with E-state index >= 15 is 0 Å². The Morgan fingerprint density at radius 1 is 1.17 bits per heavy atom. The average Bonchev–Trinajstić information content (AvgIpc) is 2.97. The van der Waals surface area contributed by atoms with Crippen LogP contribution in [-0.2, 0) is 0 Å². The van der Waals surface area contributed by atoms with Gasteiger partial charge in [-0.1, -0.05) is 29.5 Å². The molecule has 3 rings (SSSR count). The number of anilines is 1. The van der Waals surface area contributed by atoms with E-state index in [4.69, 9.17) is 0 Å². The molecule has 6 nitrogen and oxygen atoms in total. The van der Waals surface area contributed by atoms with Crippen molar-refractivity contribution >= 4 is 44.7 Å². The number of benzene rings is 2. The predicted molar refractivity (Wildman–Crippen MR) is 93.9 cm³/mol. The number of hydrogen-bond donors (Lipinski definition) is 1. The van der Waals surface area contributed by atoms with Gasteiger partial charge in [0.05, 0.1) is 15.1 Å². The van der Waals surface area contributed by atoms with E-state index in [1.165, 1.54) is 23.5 Å². The standard InChI is InChI=1S/C16H12N4O2S/c21-20(22)13-9-7-12(8-10-13)4-3-11-17-19-16-18-14-5-1-2-6-15(14)23-16/h1-11H,(H,18,19)/b4-3+,17-11+. The highest BCUT2D eigenvalue weighted by Gasteiger charge is 2.02. The van der Waals surface area contributed by atoms with Crippen LogP contribution in [-0.4, -0.2) is 16.1 Å². The van der Waals surface area contributed by atoms with E-state index in [9.17, 15) is 10.1 Å². The molecule has 114 valence electrons. The summed E-state index contributed by atoms with van der Waals surface area (Å²) in [6.45, 7) is 0. The Labute approximate surface area is 136 Å². The molecule has 0 aliphatic heterocycles. The molecule has 1 aromatic heterocycles. The molecule has 0 unspecified atom stereocenters. The van der Waals surface area contributed by atoms with E-state index in [0.29, 0.717) is 0 Å². The number of nitro groups is 1. The van der Waals surface area contributed by atoms with Crippen molar-refractivity contribution in [3.05, 3.63) is 70.3 Å². The van der Waals surface area contributed by atoms with Gasteiger partial charge in [0.25, 0.3) is 5.69 Å². The normalized spacial score (nSPS) is 11.5. The van der Waals surface area contributed by atoms with Gasteiger partial charge in [0.2, 0.25) is 5.13 Å². The van der Waals surface area contributed by atoms with Crippen molar-refractivity contribution in [3.63, 3.8) is 0 Å². The number of hydrazone groups is 1. The number of nitrogens with zero attached hydrogens (tertiary/aromatic N) is 3. The van der Waals surface area contributed by atoms with Gasteiger partial charge in [0.1, 0.15) is 0 Å². The number of fused-ring (bicyclic) bond motifs is 1. The van der Waals surface area contributed by atoms with Gasteiger partial charge in [-0.2, -0.15) is 5.10 Å². The monoisotopic (exact) mass is 324 g/mol. The second kappa shape index (κ2) is 6.80. The number of hydrogen-bond acceptors (Lipinski definition) is 6. The summed E-state index contributed by atoms with van der Waals surface area (Å²) >= 11 is 1.53. The zero-order valence-corrected chi connectivity index (χ0v) is 12.7. The van der Waals surface area contributed by atoms with Crippen molar-refractivity contribution < 1.29 is 4.92 Å². The fraction of sp³-hybridized carbons (Fsp3) is 0. The maximum absolute atomic E-state index is 10.6. The van der Waals surface area contributed by atoms with Gasteiger partial charge < -0.3 is 0 Å². The van der Waals surface area contributed by atoms with Gasteiger partial charge in [0.15, 0.2) is 0 Å². The lowest BCUT2D eigenvalue weighted by atomic mass is 10.2. The lowest BCUT2D eigenvalue weighted by molar-refractivity contribution is -0.384. The first kappa shape index (κ1) is 14.9. The molecule has 2 aromatic carbocycles. The minimum atomic E-state index is -0.420. The SMILES string of the molecule is O=[N+]([O-])c1ccc(/C=C/C=N/Nc2nc3ccccc3s2)cc1. The maximum atomic E-state index is 10.6. The maximum Gasteiger partial charge on any atom is 0.269 e. The lowest BCUT2D eigenvalue weighted by Gasteiger charge is -1.93. The van der Waals surface area contributed by atoms with Crippen LogP contribution in [0.15, 0.2) is 59.7 Å². The molecule has 0 amide bonds. The van der Waals surface area contributed by atoms with Gasteiger partial charge in [-0.05, 0) is 35.9 Å². The Kier molecular flexibility index (Phi) is 4.39. The molecule has 1 heterocycles. The highest BCUT2D eigenvalue weighted by atomic mass is 32.1. The Bertz CT molecular complexity index is 851. The molecule has 7 heteroatoms. The van der Waals surface area contributed by atoms with Gasteiger partial charge in [0, 0.05) is 18.3 Å². The zero-order chi connectivity index (χ0) is 16.1. The van der Waals surface area contributed by atoms with Crippen molar-refractivity contribution in [1.29, 1.82) is 0 Å². The van der Waals surface area contributed by atoms with E-state index in [0.717, 1.165) is 20.9 Å². The third kappa shape index (κ3) is 3.78. The van der Waals surface area contributed by atoms with E-state index in [-0.39, 0.29) is 5.69 Å². The van der Waals surface area contributed by atoms with Crippen LogP contribution in [0.3, 0.4) is 0 Å². The summed E-state index contributed by atoms with van der Waals surface area (Å²) in [5, 5.41) is 15.4. The molecule has 0 bridgehead atoms. The van der Waals surface area contributed by atoms with Crippen molar-refractivity contribution in [2.24, 2.45) is 5.10 Å². The second-order valence-corrected chi connectivity index (χ2v) is 5.62. The molecule has 23 heavy (non-hydrogen) atoms. The lowest BCUT2D eigenvalue weighted by Crippen LogP contribution is -1.87. The molecule has 0 fully saturated rings. The van der Waals surface area contributed by atoms with Crippen LogP contribution in [0.25, 0.3) is 16.3 Å². The first-order chi connectivity index (χ1) is 11.2. The Morgan fingerprint density at radius 2 is 1.96 bits per heavy atom. The fourth-order valence-electron chi connectivity index (χ4n) is 1.92. The van der Waals surface area contributed by atoms with Gasteiger partial charge in [-0.25, -0.2) is 4.98 Å². The molecule has 0 saturated carbocycles. The number of rotatable bonds is 5. The summed E-state index contributed by atoms with van der Waals surface area (Å²) < 4.78 is 1.10. The topological polar surface area (TPSA) is 80.4 Å². The minimum Gasteiger partial charge on any atom is -0.258 e. The Hall–Kier alpha value is -3.06. The number of para-hydroxylation sites is 1. The highest BCUT2D eigenvalue weighted by Crippen LogP contribution is 2.25. The quantitative estimate of drug-likeness (QED) is 0.430. The molecule has 0 spiro atoms. The molecular formula is C16H12N4O2S. The number of aromatic nitrogens is 1. The van der Waals surface area contributed by atoms with Crippen LogP contribution >= 0.6 is 11.3 Å². The molecule has 0 saturated heterocycles. The smallest absolute Gasteiger partial charge is 0.258 e. The number of nitrogens with one attached hydrogen (secondary N) is 1. The van der Waals surface area contributed by atoms with Crippen molar-refractivity contribution in [1.82, 2.24) is 4.98 Å². The van der Waals surface area contributed by atoms with Crippen molar-refractivity contribution in [2.75, 3.05) is 5.43 Å². The summed E-state index contributed by atoms with van der Waals surface area (Å²) in [7, 11) is 0. The average molecular weight is 324 g/mol. The predicted octanol–water partition coefficient (Wildman–Crippen LogP) is 4.32. The van der Waals surface area contributed by atoms with E-state index in [2.05, 4.69) is 15.5 Å². The first-order valence-corrected chi connectivity index (χ1v) is 7.60. The van der Waals surface area contributed by atoms with Crippen LogP contribution in [0.2, 0.25) is 0 Å². The van der Waals surface area contributed by atoms with Gasteiger partial charge in [-0.15, -0.1) is 0 Å². The Balaban J connectivity index is 1.58. The summed E-state index contributed by atoms with van der Waals surface area (Å²) in [5.41, 5.74) is 4.76. The largest absolute Gasteiger partial charge is 0.269 e. The molecule has 0 aliphatic carbocycles. The van der Waals surface area contributed by atoms with Crippen LogP contribution in [0, 0.1) is 10.1 Å². The molecule has 0 radical (unpaired) electrons. The van der Waals surface area contributed by atoms with Crippen LogP contribution in [0.4, 0.5) is 10.8 Å². The number of thiazole rings is 1. The zero-order valence-electron chi connectivity index (χ0n) is 11.9. The van der Waals surface area contributed by atoms with Gasteiger partial charge >= 0.3 is 0 Å². The fourth-order valence-corrected chi connectivity index (χ4v) is 2.73. The van der Waals surface area contributed by atoms with Crippen LogP contribution in [0.1, 0.15) is 5.56 Å². The van der Waals surface area contributed by atoms with E-state index in [1.54, 1.807) is 24.4 Å². The first-order valence-electron chi connectivity index (χ1n) is 6.78. The van der Waals surface area contributed by atoms with Crippen LogP contribution < -0.4 is 5.43 Å². The minimum absolute atomic E-state index is 0.0771. The molecule has 0 aliphatic rings. The Morgan fingerprint density at radius 3 is 2.70 bits per heavy atom. The molecule has 1 N–H and O–H groups in total. The van der Waals surface area contributed by atoms with E-state index in [1.807, 2.05) is 30.3 Å². The van der Waals surface area contributed by atoms with Crippen molar-refractivity contribution in [2.45, 2.75) is 0 Å². The van der Waals surface area contributed by atoms with E-state index < -0.39 is 4.92 Å². The van der Waals surface area contributed by atoms with Gasteiger partial charge in [-0.3, -0.25) is 15.5 Å². The summed E-state index contributed by atoms with van der Waals surface area (Å²) in [6, 6.07) is 14.2. The highest BCUT2D eigenvalue weighted by molar-refractivity contribution is 7.22. The third-order valence-electron chi connectivity index (χ3n) is 3.01. The van der Waals surface area contributed by atoms with Crippen LogP contribution in [0.5, 0.6) is 0 Å².